The minimum atomic E-state index is 0.331. The predicted octanol–water partition coefficient (Wildman–Crippen LogP) is 3.75. The zero-order chi connectivity index (χ0) is 13.4. The van der Waals surface area contributed by atoms with E-state index in [2.05, 4.69) is 15.1 Å². The molecular formula is C11H6Cl2N4OS. The largest absolute Gasteiger partial charge is 0.375 e. The van der Waals surface area contributed by atoms with E-state index in [4.69, 9.17) is 33.5 Å². The van der Waals surface area contributed by atoms with Crippen molar-refractivity contribution < 1.29 is 4.52 Å². The van der Waals surface area contributed by atoms with Gasteiger partial charge in [-0.15, -0.1) is 0 Å². The fourth-order valence-electron chi connectivity index (χ4n) is 1.52. The van der Waals surface area contributed by atoms with Crippen LogP contribution in [0.1, 0.15) is 0 Å². The number of hydrogen-bond donors (Lipinski definition) is 1. The van der Waals surface area contributed by atoms with Gasteiger partial charge in [-0.25, -0.2) is 4.98 Å². The van der Waals surface area contributed by atoms with Gasteiger partial charge in [-0.2, -0.15) is 4.98 Å². The lowest BCUT2D eigenvalue weighted by molar-refractivity contribution is 0.433. The van der Waals surface area contributed by atoms with Crippen LogP contribution in [0.5, 0.6) is 0 Å². The maximum Gasteiger partial charge on any atom is 0.270 e. The van der Waals surface area contributed by atoms with E-state index in [0.29, 0.717) is 37.3 Å². The first-order valence-corrected chi connectivity index (χ1v) is 6.72. The Kier molecular flexibility index (Phi) is 3.14. The minimum absolute atomic E-state index is 0.331. The molecule has 0 atom stereocenters. The highest BCUT2D eigenvalue weighted by Crippen LogP contribution is 2.34. The second-order valence-corrected chi connectivity index (χ2v) is 5.46. The SMILES string of the molecule is Nc1ncc(-c2nc(-c3c(Cl)cccc3Cl)no2)s1. The van der Waals surface area contributed by atoms with Crippen LogP contribution >= 0.6 is 34.5 Å². The van der Waals surface area contributed by atoms with Gasteiger partial charge in [-0.05, 0) is 12.1 Å². The van der Waals surface area contributed by atoms with Crippen LogP contribution in [0.2, 0.25) is 10.0 Å². The van der Waals surface area contributed by atoms with Crippen LogP contribution in [0.15, 0.2) is 28.9 Å². The molecule has 3 rings (SSSR count). The molecule has 0 aliphatic carbocycles. The molecule has 1 aromatic carbocycles. The van der Waals surface area contributed by atoms with E-state index < -0.39 is 0 Å². The van der Waals surface area contributed by atoms with Crippen molar-refractivity contribution in [2.75, 3.05) is 5.73 Å². The van der Waals surface area contributed by atoms with Gasteiger partial charge in [0.2, 0.25) is 5.82 Å². The van der Waals surface area contributed by atoms with Crippen LogP contribution in [-0.4, -0.2) is 15.1 Å². The molecule has 96 valence electrons. The van der Waals surface area contributed by atoms with E-state index >= 15 is 0 Å². The summed E-state index contributed by atoms with van der Waals surface area (Å²) in [7, 11) is 0. The van der Waals surface area contributed by atoms with Gasteiger partial charge in [0.15, 0.2) is 5.13 Å². The van der Waals surface area contributed by atoms with Crippen molar-refractivity contribution in [3.05, 3.63) is 34.4 Å². The Morgan fingerprint density at radius 2 is 1.95 bits per heavy atom. The first kappa shape index (κ1) is 12.4. The number of anilines is 1. The van der Waals surface area contributed by atoms with Crippen molar-refractivity contribution in [2.24, 2.45) is 0 Å². The molecule has 0 saturated heterocycles. The Morgan fingerprint density at radius 1 is 1.21 bits per heavy atom. The monoisotopic (exact) mass is 312 g/mol. The lowest BCUT2D eigenvalue weighted by Crippen LogP contribution is -1.84. The summed E-state index contributed by atoms with van der Waals surface area (Å²) < 4.78 is 5.16. The van der Waals surface area contributed by atoms with Crippen LogP contribution < -0.4 is 5.73 Å². The average molecular weight is 313 g/mol. The molecule has 0 aliphatic heterocycles. The Labute approximate surface area is 122 Å². The summed E-state index contributed by atoms with van der Waals surface area (Å²) >= 11 is 13.4. The van der Waals surface area contributed by atoms with Gasteiger partial charge in [0.1, 0.15) is 4.88 Å². The molecule has 0 unspecified atom stereocenters. The number of benzene rings is 1. The number of nitrogens with two attached hydrogens (primary N) is 1. The first-order chi connectivity index (χ1) is 9.15. The lowest BCUT2D eigenvalue weighted by atomic mass is 10.2. The summed E-state index contributed by atoms with van der Waals surface area (Å²) in [4.78, 5) is 8.87. The number of thiazole rings is 1. The number of aromatic nitrogens is 3. The quantitative estimate of drug-likeness (QED) is 0.779. The van der Waals surface area contributed by atoms with Gasteiger partial charge in [-0.3, -0.25) is 0 Å². The van der Waals surface area contributed by atoms with Gasteiger partial charge in [0.25, 0.3) is 5.89 Å². The summed E-state index contributed by atoms with van der Waals surface area (Å²) in [6.07, 6.45) is 1.57. The van der Waals surface area contributed by atoms with Crippen LogP contribution in [0.4, 0.5) is 5.13 Å². The van der Waals surface area contributed by atoms with Crippen molar-refractivity contribution in [1.29, 1.82) is 0 Å². The standard InChI is InChI=1S/C11H6Cl2N4OS/c12-5-2-1-3-6(13)8(5)9-16-10(18-17-9)7-4-15-11(14)19-7/h1-4H,(H2,14,15). The van der Waals surface area contributed by atoms with Crippen molar-refractivity contribution in [1.82, 2.24) is 15.1 Å². The molecule has 0 aliphatic rings. The van der Waals surface area contributed by atoms with E-state index in [1.807, 2.05) is 0 Å². The van der Waals surface area contributed by atoms with Crippen molar-refractivity contribution in [3.8, 4) is 22.2 Å². The van der Waals surface area contributed by atoms with Crippen LogP contribution in [-0.2, 0) is 0 Å². The van der Waals surface area contributed by atoms with Gasteiger partial charge in [-0.1, -0.05) is 45.8 Å². The number of hydrogen-bond acceptors (Lipinski definition) is 6. The summed E-state index contributed by atoms with van der Waals surface area (Å²) in [5.74, 6) is 0.665. The zero-order valence-electron chi connectivity index (χ0n) is 9.30. The van der Waals surface area contributed by atoms with E-state index in [-0.39, 0.29) is 0 Å². The van der Waals surface area contributed by atoms with Crippen LogP contribution in [0.25, 0.3) is 22.2 Å². The molecule has 5 nitrogen and oxygen atoms in total. The smallest absolute Gasteiger partial charge is 0.270 e. The van der Waals surface area contributed by atoms with Crippen molar-refractivity contribution in [2.45, 2.75) is 0 Å². The zero-order valence-corrected chi connectivity index (χ0v) is 11.6. The summed E-state index contributed by atoms with van der Waals surface area (Å²) in [6.45, 7) is 0. The van der Waals surface area contributed by atoms with Crippen LogP contribution in [0, 0.1) is 0 Å². The molecule has 0 amide bonds. The number of halogens is 2. The molecule has 0 spiro atoms. The predicted molar refractivity (Wildman–Crippen MR) is 75.3 cm³/mol. The highest BCUT2D eigenvalue weighted by atomic mass is 35.5. The molecule has 0 saturated carbocycles. The normalized spacial score (nSPS) is 10.8. The Balaban J connectivity index is 2.06. The first-order valence-electron chi connectivity index (χ1n) is 5.15. The van der Waals surface area contributed by atoms with E-state index in [1.54, 1.807) is 24.4 Å². The third-order valence-electron chi connectivity index (χ3n) is 2.35. The molecule has 2 aromatic heterocycles. The minimum Gasteiger partial charge on any atom is -0.375 e. The number of nitrogen functional groups attached to an aromatic ring is 1. The molecule has 0 radical (unpaired) electrons. The maximum absolute atomic E-state index is 6.09. The third kappa shape index (κ3) is 2.30. The summed E-state index contributed by atoms with van der Waals surface area (Å²) in [5, 5.41) is 5.24. The maximum atomic E-state index is 6.09. The molecule has 8 heteroatoms. The van der Waals surface area contributed by atoms with Crippen LogP contribution in [0.3, 0.4) is 0 Å². The van der Waals surface area contributed by atoms with E-state index in [9.17, 15) is 0 Å². The fourth-order valence-corrected chi connectivity index (χ4v) is 2.70. The Morgan fingerprint density at radius 3 is 2.58 bits per heavy atom. The van der Waals surface area contributed by atoms with Crippen molar-refractivity contribution >= 4 is 39.7 Å². The number of nitrogens with zero attached hydrogens (tertiary/aromatic N) is 3. The Hall–Kier alpha value is -1.63. The second-order valence-electron chi connectivity index (χ2n) is 3.58. The van der Waals surface area contributed by atoms with E-state index in [1.165, 1.54) is 11.3 Å². The Bertz CT molecular complexity index is 720. The van der Waals surface area contributed by atoms with Gasteiger partial charge in [0, 0.05) is 0 Å². The van der Waals surface area contributed by atoms with Gasteiger partial charge < -0.3 is 10.3 Å². The fraction of sp³-hybridized carbons (Fsp3) is 0. The second kappa shape index (κ2) is 4.80. The summed E-state index contributed by atoms with van der Waals surface area (Å²) in [5.41, 5.74) is 6.10. The van der Waals surface area contributed by atoms with Gasteiger partial charge in [0.05, 0.1) is 21.8 Å². The molecule has 0 fully saturated rings. The molecule has 0 bridgehead atoms. The average Bonchev–Trinajstić information content (AvgIpc) is 2.98. The third-order valence-corrected chi connectivity index (χ3v) is 3.79. The lowest BCUT2D eigenvalue weighted by Gasteiger charge is -2.00. The number of rotatable bonds is 2. The van der Waals surface area contributed by atoms with E-state index in [0.717, 1.165) is 0 Å². The molecule has 19 heavy (non-hydrogen) atoms. The van der Waals surface area contributed by atoms with Gasteiger partial charge >= 0.3 is 0 Å². The molecule has 2 heterocycles. The highest BCUT2D eigenvalue weighted by Gasteiger charge is 2.17. The topological polar surface area (TPSA) is 77.8 Å². The molecule has 2 N–H and O–H groups in total. The highest BCUT2D eigenvalue weighted by molar-refractivity contribution is 7.18. The molecular weight excluding hydrogens is 307 g/mol. The van der Waals surface area contributed by atoms with Crippen molar-refractivity contribution in [3.63, 3.8) is 0 Å². The molecule has 3 aromatic rings. The summed E-state index contributed by atoms with van der Waals surface area (Å²) in [6, 6.07) is 5.17.